The van der Waals surface area contributed by atoms with Gasteiger partial charge in [-0.15, -0.1) is 0 Å². The predicted octanol–water partition coefficient (Wildman–Crippen LogP) is 3.70. The maximum Gasteiger partial charge on any atom is 0.267 e. The van der Waals surface area contributed by atoms with Crippen molar-refractivity contribution in [2.75, 3.05) is 13.1 Å². The third kappa shape index (κ3) is 6.43. The Morgan fingerprint density at radius 1 is 0.966 bits per heavy atom. The van der Waals surface area contributed by atoms with Gasteiger partial charge in [-0.2, -0.15) is 0 Å². The molecular formula is C24H26N2O3. The number of nitrogens with one attached hydrogen (secondary N) is 1. The van der Waals surface area contributed by atoms with Crippen LogP contribution in [0.2, 0.25) is 0 Å². The summed E-state index contributed by atoms with van der Waals surface area (Å²) in [5.74, 6) is 0.0746. The van der Waals surface area contributed by atoms with E-state index in [-0.39, 0.29) is 5.91 Å². The minimum atomic E-state index is -0.586. The normalized spacial score (nSPS) is 15.1. The van der Waals surface area contributed by atoms with Crippen LogP contribution in [0.1, 0.15) is 29.5 Å². The van der Waals surface area contributed by atoms with E-state index in [1.54, 1.807) is 23.7 Å². The summed E-state index contributed by atoms with van der Waals surface area (Å²) in [4.78, 5) is 25.5. The molecule has 0 aromatic heterocycles. The van der Waals surface area contributed by atoms with Crippen molar-refractivity contribution in [1.29, 1.82) is 0 Å². The lowest BCUT2D eigenvalue weighted by Crippen LogP contribution is -2.37. The van der Waals surface area contributed by atoms with E-state index in [0.29, 0.717) is 5.92 Å². The van der Waals surface area contributed by atoms with Gasteiger partial charge >= 0.3 is 0 Å². The number of carbonyl (C=O) groups is 2. The largest absolute Gasteiger partial charge is 0.339 e. The van der Waals surface area contributed by atoms with E-state index in [4.69, 9.17) is 5.21 Å². The van der Waals surface area contributed by atoms with Crippen LogP contribution in [-0.4, -0.2) is 35.0 Å². The third-order valence-corrected chi connectivity index (χ3v) is 5.16. The maximum absolute atomic E-state index is 12.5. The minimum Gasteiger partial charge on any atom is -0.339 e. The lowest BCUT2D eigenvalue weighted by Gasteiger charge is -2.31. The Bertz CT molecular complexity index is 882. The topological polar surface area (TPSA) is 69.6 Å². The summed E-state index contributed by atoms with van der Waals surface area (Å²) in [6, 6.07) is 18.0. The smallest absolute Gasteiger partial charge is 0.267 e. The Kier molecular flexibility index (Phi) is 7.36. The highest BCUT2D eigenvalue weighted by molar-refractivity contribution is 5.92. The molecule has 1 aliphatic heterocycles. The van der Waals surface area contributed by atoms with E-state index in [2.05, 4.69) is 24.3 Å². The molecule has 1 saturated heterocycles. The number of hydrogen-bond donors (Lipinski definition) is 2. The van der Waals surface area contributed by atoms with Crippen molar-refractivity contribution < 1.29 is 14.8 Å². The Morgan fingerprint density at radius 3 is 2.28 bits per heavy atom. The molecule has 2 amide bonds. The SMILES string of the molecule is O=C(/C=C/c1cccc(/C=C/C(=O)N2CCC(Cc3ccccc3)CC2)c1)NO. The number of nitrogens with zero attached hydrogens (tertiary/aromatic N) is 1. The Labute approximate surface area is 171 Å². The third-order valence-electron chi connectivity index (χ3n) is 5.16. The standard InChI is InChI=1S/C24H26N2O3/c27-23(25-29)11-9-20-7-4-8-21(18-20)10-12-24(28)26-15-13-22(14-16-26)17-19-5-2-1-3-6-19/h1-12,18,22,29H,13-17H2,(H,25,27)/b11-9+,12-10+. The molecule has 2 N–H and O–H groups in total. The quantitative estimate of drug-likeness (QED) is 0.449. The van der Waals surface area contributed by atoms with Gasteiger partial charge in [-0.05, 0) is 60.1 Å². The molecular weight excluding hydrogens is 364 g/mol. The van der Waals surface area contributed by atoms with Crippen LogP contribution in [-0.2, 0) is 16.0 Å². The second-order valence-corrected chi connectivity index (χ2v) is 7.27. The van der Waals surface area contributed by atoms with Crippen molar-refractivity contribution in [1.82, 2.24) is 10.4 Å². The summed E-state index contributed by atoms with van der Waals surface area (Å²) in [6.45, 7) is 1.58. The van der Waals surface area contributed by atoms with E-state index in [9.17, 15) is 9.59 Å². The number of rotatable bonds is 6. The molecule has 2 aromatic rings. The zero-order valence-electron chi connectivity index (χ0n) is 16.3. The highest BCUT2D eigenvalue weighted by atomic mass is 16.5. The zero-order valence-corrected chi connectivity index (χ0v) is 16.3. The van der Waals surface area contributed by atoms with Crippen LogP contribution in [0.15, 0.2) is 66.7 Å². The fraction of sp³-hybridized carbons (Fsp3) is 0.250. The molecule has 0 saturated carbocycles. The van der Waals surface area contributed by atoms with E-state index >= 15 is 0 Å². The molecule has 150 valence electrons. The van der Waals surface area contributed by atoms with Gasteiger partial charge in [0.1, 0.15) is 0 Å². The number of hydroxylamine groups is 1. The molecule has 5 nitrogen and oxygen atoms in total. The van der Waals surface area contributed by atoms with E-state index in [1.807, 2.05) is 35.2 Å². The van der Waals surface area contributed by atoms with Crippen molar-refractivity contribution in [2.45, 2.75) is 19.3 Å². The zero-order chi connectivity index (χ0) is 20.5. The van der Waals surface area contributed by atoms with Gasteiger partial charge < -0.3 is 4.90 Å². The minimum absolute atomic E-state index is 0.0313. The summed E-state index contributed by atoms with van der Waals surface area (Å²) in [5, 5.41) is 8.52. The summed E-state index contributed by atoms with van der Waals surface area (Å²) in [5.41, 5.74) is 4.61. The molecule has 0 atom stereocenters. The molecule has 0 bridgehead atoms. The van der Waals surface area contributed by atoms with Gasteiger partial charge in [-0.3, -0.25) is 14.8 Å². The van der Waals surface area contributed by atoms with E-state index in [0.717, 1.165) is 43.5 Å². The van der Waals surface area contributed by atoms with Gasteiger partial charge in [-0.1, -0.05) is 48.5 Å². The monoisotopic (exact) mass is 390 g/mol. The van der Waals surface area contributed by atoms with E-state index < -0.39 is 5.91 Å². The maximum atomic E-state index is 12.5. The van der Waals surface area contributed by atoms with Gasteiger partial charge in [0.25, 0.3) is 5.91 Å². The van der Waals surface area contributed by atoms with Gasteiger partial charge in [0.15, 0.2) is 0 Å². The molecule has 1 aliphatic rings. The van der Waals surface area contributed by atoms with Crippen molar-refractivity contribution in [3.63, 3.8) is 0 Å². The fourth-order valence-electron chi connectivity index (χ4n) is 3.55. The van der Waals surface area contributed by atoms with Crippen LogP contribution >= 0.6 is 0 Å². The molecule has 1 fully saturated rings. The van der Waals surface area contributed by atoms with Crippen molar-refractivity contribution in [2.24, 2.45) is 5.92 Å². The van der Waals surface area contributed by atoms with Gasteiger partial charge in [0.2, 0.25) is 5.91 Å². The lowest BCUT2D eigenvalue weighted by atomic mass is 9.90. The van der Waals surface area contributed by atoms with Crippen LogP contribution in [0, 0.1) is 5.92 Å². The van der Waals surface area contributed by atoms with Crippen LogP contribution < -0.4 is 5.48 Å². The Hall–Kier alpha value is -3.18. The van der Waals surface area contributed by atoms with Crippen LogP contribution in [0.3, 0.4) is 0 Å². The Balaban J connectivity index is 1.51. The van der Waals surface area contributed by atoms with Crippen molar-refractivity contribution in [3.05, 3.63) is 83.4 Å². The average Bonchev–Trinajstić information content (AvgIpc) is 2.77. The van der Waals surface area contributed by atoms with E-state index in [1.165, 1.54) is 11.6 Å². The van der Waals surface area contributed by atoms with Crippen LogP contribution in [0.5, 0.6) is 0 Å². The number of carbonyl (C=O) groups excluding carboxylic acids is 2. The number of piperidine rings is 1. The molecule has 0 radical (unpaired) electrons. The number of benzene rings is 2. The molecule has 5 heteroatoms. The second-order valence-electron chi connectivity index (χ2n) is 7.27. The van der Waals surface area contributed by atoms with Gasteiger partial charge in [0.05, 0.1) is 0 Å². The molecule has 0 aliphatic carbocycles. The fourth-order valence-corrected chi connectivity index (χ4v) is 3.55. The summed E-state index contributed by atoms with van der Waals surface area (Å²) in [6.07, 6.45) is 9.38. The van der Waals surface area contributed by atoms with Gasteiger partial charge in [-0.25, -0.2) is 5.48 Å². The first-order valence-corrected chi connectivity index (χ1v) is 9.87. The average molecular weight is 390 g/mol. The summed E-state index contributed by atoms with van der Waals surface area (Å²) in [7, 11) is 0. The predicted molar refractivity (Wildman–Crippen MR) is 114 cm³/mol. The lowest BCUT2D eigenvalue weighted by molar-refractivity contribution is -0.127. The Morgan fingerprint density at radius 2 is 1.62 bits per heavy atom. The molecule has 0 unspecified atom stereocenters. The first kappa shape index (κ1) is 20.6. The highest BCUT2D eigenvalue weighted by Gasteiger charge is 2.21. The number of likely N-dealkylation sites (tertiary alicyclic amines) is 1. The van der Waals surface area contributed by atoms with Crippen LogP contribution in [0.4, 0.5) is 0 Å². The molecule has 2 aromatic carbocycles. The molecule has 1 heterocycles. The highest BCUT2D eigenvalue weighted by Crippen LogP contribution is 2.22. The van der Waals surface area contributed by atoms with Crippen LogP contribution in [0.25, 0.3) is 12.2 Å². The first-order valence-electron chi connectivity index (χ1n) is 9.87. The number of amides is 2. The molecule has 0 spiro atoms. The molecule has 3 rings (SSSR count). The van der Waals surface area contributed by atoms with Gasteiger partial charge in [0, 0.05) is 25.2 Å². The first-order chi connectivity index (χ1) is 14.1. The number of hydrogen-bond acceptors (Lipinski definition) is 3. The summed E-state index contributed by atoms with van der Waals surface area (Å²) >= 11 is 0. The summed E-state index contributed by atoms with van der Waals surface area (Å²) < 4.78 is 0. The van der Waals surface area contributed by atoms with Crippen molar-refractivity contribution in [3.8, 4) is 0 Å². The second kappa shape index (κ2) is 10.4. The van der Waals surface area contributed by atoms with Crippen molar-refractivity contribution >= 4 is 24.0 Å². The molecule has 29 heavy (non-hydrogen) atoms.